The number of carbonyl (C=O) groups is 2. The molecule has 0 aliphatic rings. The van der Waals surface area contributed by atoms with Gasteiger partial charge in [0.1, 0.15) is 24.2 Å². The molecule has 0 heterocycles. The molecule has 0 bridgehead atoms. The molecule has 0 unspecified atom stereocenters. The number of benzene rings is 3. The number of anilines is 1. The van der Waals surface area contributed by atoms with E-state index < -0.39 is 45.8 Å². The van der Waals surface area contributed by atoms with Gasteiger partial charge in [-0.2, -0.15) is 0 Å². The average Bonchev–Trinajstić information content (AvgIpc) is 2.90. The SMILES string of the molecule is COc1ccccc1N(CC(=O)N(Cc1ccccc1F)[C@H](C)C(=O)NC(C)(C)C)S(=O)(=O)c1ccc(C)cc1. The van der Waals surface area contributed by atoms with E-state index in [9.17, 15) is 22.4 Å². The van der Waals surface area contributed by atoms with Gasteiger partial charge in [-0.25, -0.2) is 12.8 Å². The van der Waals surface area contributed by atoms with E-state index in [-0.39, 0.29) is 28.4 Å². The summed E-state index contributed by atoms with van der Waals surface area (Å²) in [6, 6.07) is 17.6. The van der Waals surface area contributed by atoms with Crippen LogP contribution in [0.2, 0.25) is 0 Å². The molecular formula is C30H36FN3O5S. The van der Waals surface area contributed by atoms with E-state index in [0.717, 1.165) is 9.87 Å². The summed E-state index contributed by atoms with van der Waals surface area (Å²) in [5, 5.41) is 2.84. The lowest BCUT2D eigenvalue weighted by molar-refractivity contribution is -0.140. The van der Waals surface area contributed by atoms with Gasteiger partial charge in [0.25, 0.3) is 10.0 Å². The number of para-hydroxylation sites is 2. The molecule has 0 aliphatic heterocycles. The third kappa shape index (κ3) is 7.38. The number of methoxy groups -OCH3 is 1. The van der Waals surface area contributed by atoms with E-state index in [2.05, 4.69) is 5.32 Å². The van der Waals surface area contributed by atoms with Crippen molar-refractivity contribution in [2.45, 2.75) is 57.6 Å². The molecule has 214 valence electrons. The van der Waals surface area contributed by atoms with Crippen molar-refractivity contribution in [2.75, 3.05) is 18.0 Å². The van der Waals surface area contributed by atoms with Crippen molar-refractivity contribution in [1.82, 2.24) is 10.2 Å². The summed E-state index contributed by atoms with van der Waals surface area (Å²) in [5.74, 6) is -1.45. The number of ether oxygens (including phenoxy) is 1. The van der Waals surface area contributed by atoms with Gasteiger partial charge in [-0.3, -0.25) is 13.9 Å². The highest BCUT2D eigenvalue weighted by Crippen LogP contribution is 2.32. The van der Waals surface area contributed by atoms with E-state index in [0.29, 0.717) is 0 Å². The minimum atomic E-state index is -4.26. The van der Waals surface area contributed by atoms with Crippen molar-refractivity contribution >= 4 is 27.5 Å². The molecule has 0 fully saturated rings. The summed E-state index contributed by atoms with van der Waals surface area (Å²) in [6.45, 7) is 7.88. The third-order valence-electron chi connectivity index (χ3n) is 6.21. The van der Waals surface area contributed by atoms with Gasteiger partial charge in [-0.15, -0.1) is 0 Å². The Labute approximate surface area is 235 Å². The number of hydrogen-bond acceptors (Lipinski definition) is 5. The Bertz CT molecular complexity index is 1450. The monoisotopic (exact) mass is 569 g/mol. The van der Waals surface area contributed by atoms with Gasteiger partial charge in [0.2, 0.25) is 11.8 Å². The fourth-order valence-corrected chi connectivity index (χ4v) is 5.48. The lowest BCUT2D eigenvalue weighted by Gasteiger charge is -2.33. The Morgan fingerprint density at radius 2 is 1.57 bits per heavy atom. The zero-order chi connectivity index (χ0) is 29.7. The molecule has 0 aliphatic carbocycles. The summed E-state index contributed by atoms with van der Waals surface area (Å²) in [4.78, 5) is 28.3. The summed E-state index contributed by atoms with van der Waals surface area (Å²) in [6.07, 6.45) is 0. The number of nitrogens with one attached hydrogen (secondary N) is 1. The summed E-state index contributed by atoms with van der Waals surface area (Å²) >= 11 is 0. The van der Waals surface area contributed by atoms with Gasteiger partial charge in [-0.1, -0.05) is 48.0 Å². The first-order valence-electron chi connectivity index (χ1n) is 12.8. The molecule has 0 saturated carbocycles. The molecule has 1 atom stereocenters. The molecular weight excluding hydrogens is 533 g/mol. The van der Waals surface area contributed by atoms with Crippen LogP contribution in [0.4, 0.5) is 10.1 Å². The van der Waals surface area contributed by atoms with E-state index in [1.54, 1.807) is 57.2 Å². The lowest BCUT2D eigenvalue weighted by Crippen LogP contribution is -2.54. The van der Waals surface area contributed by atoms with Crippen LogP contribution in [0.5, 0.6) is 5.75 Å². The van der Waals surface area contributed by atoms with E-state index in [1.165, 1.54) is 55.3 Å². The van der Waals surface area contributed by atoms with E-state index in [1.807, 2.05) is 6.92 Å². The van der Waals surface area contributed by atoms with Crippen molar-refractivity contribution in [1.29, 1.82) is 0 Å². The smallest absolute Gasteiger partial charge is 0.264 e. The quantitative estimate of drug-likeness (QED) is 0.383. The van der Waals surface area contributed by atoms with Crippen LogP contribution in [0.1, 0.15) is 38.8 Å². The zero-order valence-electron chi connectivity index (χ0n) is 23.6. The van der Waals surface area contributed by atoms with Crippen molar-refractivity contribution in [2.24, 2.45) is 0 Å². The Balaban J connectivity index is 2.09. The number of hydrogen-bond donors (Lipinski definition) is 1. The molecule has 10 heteroatoms. The molecule has 3 rings (SSSR count). The minimum Gasteiger partial charge on any atom is -0.495 e. The van der Waals surface area contributed by atoms with Crippen molar-refractivity contribution in [3.05, 3.63) is 89.7 Å². The normalized spacial score (nSPS) is 12.4. The molecule has 1 N–H and O–H groups in total. The number of rotatable bonds is 10. The third-order valence-corrected chi connectivity index (χ3v) is 7.98. The number of amides is 2. The van der Waals surface area contributed by atoms with Crippen LogP contribution in [-0.4, -0.2) is 50.4 Å². The van der Waals surface area contributed by atoms with Crippen molar-refractivity contribution < 1.29 is 27.1 Å². The molecule has 3 aromatic rings. The first kappa shape index (κ1) is 30.6. The second-order valence-electron chi connectivity index (χ2n) is 10.5. The van der Waals surface area contributed by atoms with Crippen LogP contribution in [0.25, 0.3) is 0 Å². The largest absolute Gasteiger partial charge is 0.495 e. The fraction of sp³-hybridized carbons (Fsp3) is 0.333. The maximum absolute atomic E-state index is 14.7. The molecule has 3 aromatic carbocycles. The predicted molar refractivity (Wildman–Crippen MR) is 153 cm³/mol. The summed E-state index contributed by atoms with van der Waals surface area (Å²) in [5.41, 5.74) is 0.623. The van der Waals surface area contributed by atoms with Crippen LogP contribution in [0.3, 0.4) is 0 Å². The van der Waals surface area contributed by atoms with Gasteiger partial charge in [0.15, 0.2) is 0 Å². The van der Waals surface area contributed by atoms with Gasteiger partial charge in [0, 0.05) is 17.6 Å². The maximum Gasteiger partial charge on any atom is 0.264 e. The fourth-order valence-electron chi connectivity index (χ4n) is 4.05. The minimum absolute atomic E-state index is 0.0176. The standard InChI is InChI=1S/C30H36FN3O5S/c1-21-15-17-24(18-16-21)40(37,38)34(26-13-9-10-14-27(26)39-6)20-28(35)33(19-23-11-7-8-12-25(23)31)22(2)29(36)32-30(3,4)5/h7-18,22H,19-20H2,1-6H3,(H,32,36)/t22-/m1/s1. The van der Waals surface area contributed by atoms with Crippen molar-refractivity contribution in [3.8, 4) is 5.75 Å². The predicted octanol–water partition coefficient (Wildman–Crippen LogP) is 4.67. The summed E-state index contributed by atoms with van der Waals surface area (Å²) < 4.78 is 48.9. The van der Waals surface area contributed by atoms with Gasteiger partial charge >= 0.3 is 0 Å². The topological polar surface area (TPSA) is 96.0 Å². The molecule has 0 aromatic heterocycles. The van der Waals surface area contributed by atoms with Crippen LogP contribution < -0.4 is 14.4 Å². The number of nitrogens with zero attached hydrogens (tertiary/aromatic N) is 2. The Hall–Kier alpha value is -3.92. The zero-order valence-corrected chi connectivity index (χ0v) is 24.5. The van der Waals surface area contributed by atoms with Crippen LogP contribution in [0, 0.1) is 12.7 Å². The van der Waals surface area contributed by atoms with E-state index in [4.69, 9.17) is 4.74 Å². The highest BCUT2D eigenvalue weighted by Gasteiger charge is 2.34. The van der Waals surface area contributed by atoms with Crippen LogP contribution >= 0.6 is 0 Å². The molecule has 0 spiro atoms. The molecule has 40 heavy (non-hydrogen) atoms. The van der Waals surface area contributed by atoms with Gasteiger partial charge in [0.05, 0.1) is 17.7 Å². The number of aryl methyl sites for hydroxylation is 1. The number of halogens is 1. The summed E-state index contributed by atoms with van der Waals surface area (Å²) in [7, 11) is -2.85. The van der Waals surface area contributed by atoms with E-state index >= 15 is 0 Å². The lowest BCUT2D eigenvalue weighted by atomic mass is 10.1. The molecule has 2 amide bonds. The average molecular weight is 570 g/mol. The van der Waals surface area contributed by atoms with Crippen LogP contribution in [-0.2, 0) is 26.2 Å². The highest BCUT2D eigenvalue weighted by atomic mass is 32.2. The Morgan fingerprint density at radius 3 is 2.17 bits per heavy atom. The Kier molecular flexibility index (Phi) is 9.57. The first-order chi connectivity index (χ1) is 18.7. The second kappa shape index (κ2) is 12.5. The second-order valence-corrected chi connectivity index (χ2v) is 12.4. The molecule has 0 radical (unpaired) electrons. The van der Waals surface area contributed by atoms with Crippen LogP contribution in [0.15, 0.2) is 77.7 Å². The first-order valence-corrected chi connectivity index (χ1v) is 14.3. The van der Waals surface area contributed by atoms with Gasteiger partial charge in [-0.05, 0) is 65.0 Å². The number of sulfonamides is 1. The molecule has 8 nitrogen and oxygen atoms in total. The Morgan fingerprint density at radius 1 is 0.975 bits per heavy atom. The van der Waals surface area contributed by atoms with Crippen molar-refractivity contribution in [3.63, 3.8) is 0 Å². The highest BCUT2D eigenvalue weighted by molar-refractivity contribution is 7.92. The maximum atomic E-state index is 14.7. The number of carbonyl (C=O) groups excluding carboxylic acids is 2. The molecule has 0 saturated heterocycles. The van der Waals surface area contributed by atoms with Gasteiger partial charge < -0.3 is 15.0 Å².